The fourth-order valence-corrected chi connectivity index (χ4v) is 4.33. The van der Waals surface area contributed by atoms with Crippen LogP contribution in [0.15, 0.2) is 72.8 Å². The number of nitrogens with one attached hydrogen (secondary N) is 1. The average Bonchev–Trinajstić information content (AvgIpc) is 3.32. The Kier molecular flexibility index (Phi) is 3.27. The second kappa shape index (κ2) is 5.54. The van der Waals surface area contributed by atoms with Gasteiger partial charge in [-0.15, -0.1) is 0 Å². The molecule has 3 aliphatic rings. The van der Waals surface area contributed by atoms with Crippen molar-refractivity contribution in [1.29, 1.82) is 0 Å². The lowest BCUT2D eigenvalue weighted by Crippen LogP contribution is -2.45. The van der Waals surface area contributed by atoms with Gasteiger partial charge in [-0.25, -0.2) is 4.90 Å². The van der Waals surface area contributed by atoms with Crippen molar-refractivity contribution in [3.63, 3.8) is 0 Å². The van der Waals surface area contributed by atoms with Crippen LogP contribution in [0.1, 0.15) is 0 Å². The number of ether oxygens (including phenoxy) is 1. The van der Waals surface area contributed by atoms with E-state index in [-0.39, 0.29) is 17.9 Å². The molecule has 2 bridgehead atoms. The van der Waals surface area contributed by atoms with Crippen molar-refractivity contribution in [2.24, 2.45) is 11.8 Å². The van der Waals surface area contributed by atoms with Crippen LogP contribution >= 0.6 is 0 Å². The zero-order valence-electron chi connectivity index (χ0n) is 14.0. The van der Waals surface area contributed by atoms with Gasteiger partial charge in [0.2, 0.25) is 11.8 Å². The number of carbonyl (C=O) groups excluding carboxylic acids is 2. The lowest BCUT2D eigenvalue weighted by molar-refractivity contribution is -0.126. The summed E-state index contributed by atoms with van der Waals surface area (Å²) in [5, 5.41) is 3.35. The van der Waals surface area contributed by atoms with E-state index in [2.05, 4.69) is 5.32 Å². The largest absolute Gasteiger partial charge is 0.382 e. The second-order valence-corrected chi connectivity index (χ2v) is 6.97. The Morgan fingerprint density at radius 2 is 1.65 bits per heavy atom. The number of carbonyl (C=O) groups is 2. The van der Waals surface area contributed by atoms with Crippen LogP contribution in [0.4, 0.5) is 11.4 Å². The molecule has 2 saturated heterocycles. The summed E-state index contributed by atoms with van der Waals surface area (Å²) in [4.78, 5) is 27.5. The molecule has 2 aromatic carbocycles. The minimum absolute atomic E-state index is 0.165. The van der Waals surface area contributed by atoms with E-state index >= 15 is 0 Å². The normalized spacial score (nSPS) is 31.5. The van der Waals surface area contributed by atoms with Crippen LogP contribution in [0.3, 0.4) is 0 Å². The van der Waals surface area contributed by atoms with Crippen molar-refractivity contribution in [1.82, 2.24) is 0 Å². The summed E-state index contributed by atoms with van der Waals surface area (Å²) in [5.41, 5.74) is 0.812. The summed E-state index contributed by atoms with van der Waals surface area (Å²) in [6.07, 6.45) is 3.55. The van der Waals surface area contributed by atoms with Crippen molar-refractivity contribution in [3.05, 3.63) is 72.8 Å². The van der Waals surface area contributed by atoms with Crippen LogP contribution < -0.4 is 10.2 Å². The number of nitrogens with zero attached hydrogens (tertiary/aromatic N) is 1. The van der Waals surface area contributed by atoms with Gasteiger partial charge in [-0.05, 0) is 24.3 Å². The third-order valence-electron chi connectivity index (χ3n) is 5.51. The van der Waals surface area contributed by atoms with E-state index in [1.807, 2.05) is 60.7 Å². The van der Waals surface area contributed by atoms with Crippen LogP contribution in [0.25, 0.3) is 0 Å². The van der Waals surface area contributed by atoms with Gasteiger partial charge < -0.3 is 10.1 Å². The first-order valence-electron chi connectivity index (χ1n) is 8.79. The first kappa shape index (κ1) is 15.3. The molecular formula is C21H18N2O3. The van der Waals surface area contributed by atoms with Crippen molar-refractivity contribution < 1.29 is 14.3 Å². The number of hydrogen-bond acceptors (Lipinski definition) is 4. The Hall–Kier alpha value is -2.92. The molecule has 5 rings (SSSR count). The molecule has 1 N–H and O–H groups in total. The van der Waals surface area contributed by atoms with Gasteiger partial charge in [0, 0.05) is 12.2 Å². The predicted molar refractivity (Wildman–Crippen MR) is 97.6 cm³/mol. The summed E-state index contributed by atoms with van der Waals surface area (Å²) in [6.45, 7) is 0.451. The quantitative estimate of drug-likeness (QED) is 0.683. The molecular weight excluding hydrogens is 328 g/mol. The van der Waals surface area contributed by atoms with Crippen LogP contribution in [0, 0.1) is 11.8 Å². The summed E-state index contributed by atoms with van der Waals surface area (Å²) < 4.78 is 6.13. The van der Waals surface area contributed by atoms with Gasteiger partial charge in [-0.3, -0.25) is 9.59 Å². The van der Waals surface area contributed by atoms with Crippen LogP contribution in [0.2, 0.25) is 0 Å². The molecule has 0 aromatic heterocycles. The Morgan fingerprint density at radius 1 is 0.962 bits per heavy atom. The molecule has 0 aliphatic carbocycles. The molecule has 3 heterocycles. The molecule has 0 radical (unpaired) electrons. The molecule has 5 heteroatoms. The zero-order valence-corrected chi connectivity index (χ0v) is 14.0. The summed E-state index contributed by atoms with van der Waals surface area (Å²) >= 11 is 0. The lowest BCUT2D eigenvalue weighted by Gasteiger charge is -2.29. The van der Waals surface area contributed by atoms with Gasteiger partial charge in [-0.1, -0.05) is 48.6 Å². The van der Waals surface area contributed by atoms with Gasteiger partial charge in [0.1, 0.15) is 5.60 Å². The molecule has 0 saturated carbocycles. The van der Waals surface area contributed by atoms with E-state index in [1.165, 1.54) is 4.90 Å². The highest BCUT2D eigenvalue weighted by Crippen LogP contribution is 2.52. The number of imide groups is 1. The van der Waals surface area contributed by atoms with E-state index in [9.17, 15) is 9.59 Å². The van der Waals surface area contributed by atoms with Gasteiger partial charge in [-0.2, -0.15) is 0 Å². The fourth-order valence-electron chi connectivity index (χ4n) is 4.33. The topological polar surface area (TPSA) is 58.6 Å². The Morgan fingerprint density at radius 3 is 2.38 bits per heavy atom. The molecule has 5 nitrogen and oxygen atoms in total. The zero-order chi connectivity index (χ0) is 17.7. The number of rotatable bonds is 4. The van der Waals surface area contributed by atoms with Crippen molar-refractivity contribution in [3.8, 4) is 0 Å². The highest BCUT2D eigenvalue weighted by molar-refractivity contribution is 6.23. The first-order chi connectivity index (χ1) is 12.7. The number of amides is 2. The molecule has 130 valence electrons. The van der Waals surface area contributed by atoms with E-state index in [0.29, 0.717) is 12.2 Å². The predicted octanol–water partition coefficient (Wildman–Crippen LogP) is 2.61. The van der Waals surface area contributed by atoms with Crippen LogP contribution in [-0.4, -0.2) is 30.1 Å². The van der Waals surface area contributed by atoms with Gasteiger partial charge in [0.25, 0.3) is 0 Å². The molecule has 3 aliphatic heterocycles. The van der Waals surface area contributed by atoms with Crippen LogP contribution in [0.5, 0.6) is 0 Å². The third-order valence-corrected chi connectivity index (χ3v) is 5.51. The highest BCUT2D eigenvalue weighted by Gasteiger charge is 2.67. The Bertz CT molecular complexity index is 896. The summed E-state index contributed by atoms with van der Waals surface area (Å²) in [6, 6.07) is 18.9. The molecule has 2 aromatic rings. The number of hydrogen-bond donors (Lipinski definition) is 1. The third kappa shape index (κ3) is 2.07. The lowest BCUT2D eigenvalue weighted by atomic mass is 9.77. The van der Waals surface area contributed by atoms with E-state index in [4.69, 9.17) is 4.74 Å². The maximum Gasteiger partial charge on any atom is 0.241 e. The van der Waals surface area contributed by atoms with Gasteiger partial charge >= 0.3 is 0 Å². The molecule has 26 heavy (non-hydrogen) atoms. The van der Waals surface area contributed by atoms with Crippen molar-refractivity contribution in [2.75, 3.05) is 16.8 Å². The number of anilines is 2. The number of para-hydroxylation sites is 2. The molecule has 0 unspecified atom stereocenters. The van der Waals surface area contributed by atoms with E-state index < -0.39 is 17.4 Å². The van der Waals surface area contributed by atoms with E-state index in [0.717, 1.165) is 5.69 Å². The molecule has 2 amide bonds. The maximum atomic E-state index is 13.2. The van der Waals surface area contributed by atoms with Crippen molar-refractivity contribution in [2.45, 2.75) is 11.7 Å². The van der Waals surface area contributed by atoms with Gasteiger partial charge in [0.15, 0.2) is 0 Å². The summed E-state index contributed by atoms with van der Waals surface area (Å²) in [5.74, 6) is -1.26. The minimum atomic E-state index is -0.776. The van der Waals surface area contributed by atoms with E-state index in [1.54, 1.807) is 12.1 Å². The average molecular weight is 346 g/mol. The second-order valence-electron chi connectivity index (χ2n) is 6.97. The summed E-state index contributed by atoms with van der Waals surface area (Å²) in [7, 11) is 0. The number of benzene rings is 2. The Balaban J connectivity index is 1.46. The van der Waals surface area contributed by atoms with Crippen LogP contribution in [-0.2, 0) is 14.3 Å². The first-order valence-corrected chi connectivity index (χ1v) is 8.79. The smallest absolute Gasteiger partial charge is 0.241 e. The van der Waals surface area contributed by atoms with Crippen molar-refractivity contribution >= 4 is 23.2 Å². The molecule has 2 fully saturated rings. The molecule has 0 spiro atoms. The van der Waals surface area contributed by atoms with Gasteiger partial charge in [0.05, 0.1) is 23.6 Å². The Labute approximate surface area is 151 Å². The highest BCUT2D eigenvalue weighted by atomic mass is 16.5. The standard InChI is InChI=1S/C21H18N2O3/c24-19-17-16-11-12-21(26-16,13-22-14-7-3-1-4-8-14)18(17)20(25)23(19)15-9-5-2-6-10-15/h1-12,16-18,22H,13H2/t16-,17-,18+,21+/m0/s1. The molecule has 4 atom stereocenters. The SMILES string of the molecule is O=C1[C@H]2[C@@H]3C=C[C@](CNc4ccccc4)(O3)[C@H]2C(=O)N1c1ccccc1. The monoisotopic (exact) mass is 346 g/mol. The fraction of sp³-hybridized carbons (Fsp3) is 0.238. The minimum Gasteiger partial charge on any atom is -0.382 e. The number of fused-ring (bicyclic) bond motifs is 5. The maximum absolute atomic E-state index is 13.2.